The first kappa shape index (κ1) is 11.4. The molecule has 1 radical (unpaired) electrons. The number of likely N-dealkylation sites (tertiary alicyclic amines) is 1. The fourth-order valence-corrected chi connectivity index (χ4v) is 2.10. The zero-order valence-corrected chi connectivity index (χ0v) is 9.69. The second-order valence-electron chi connectivity index (χ2n) is 4.33. The molecule has 0 aliphatic carbocycles. The molecule has 1 heterocycles. The van der Waals surface area contributed by atoms with E-state index in [0.29, 0.717) is 0 Å². The number of piperidine rings is 1. The number of benzene rings is 1. The van der Waals surface area contributed by atoms with E-state index in [9.17, 15) is 5.11 Å². The van der Waals surface area contributed by atoms with E-state index in [1.54, 1.807) is 7.11 Å². The van der Waals surface area contributed by atoms with Gasteiger partial charge in [0, 0.05) is 19.6 Å². The van der Waals surface area contributed by atoms with Crippen LogP contribution in [0.3, 0.4) is 0 Å². The lowest BCUT2D eigenvalue weighted by atomic mass is 10.1. The van der Waals surface area contributed by atoms with Crippen molar-refractivity contribution in [3.05, 3.63) is 29.8 Å². The third-order valence-electron chi connectivity index (χ3n) is 3.07. The molecule has 3 heteroatoms. The second-order valence-corrected chi connectivity index (χ2v) is 4.33. The molecule has 2 rings (SSSR count). The number of nitrogens with zero attached hydrogens (tertiary/aromatic N) is 1. The summed E-state index contributed by atoms with van der Waals surface area (Å²) in [5.41, 5.74) is 1.25. The second kappa shape index (κ2) is 5.32. The Kier molecular flexibility index (Phi) is 3.80. The van der Waals surface area contributed by atoms with Crippen molar-refractivity contribution >= 4 is 0 Å². The Labute approximate surface area is 96.6 Å². The smallest absolute Gasteiger partial charge is 0.119 e. The standard InChI is InChI=1S/C13H18NO2/c1-16-13-4-2-3-11(9-13)10-14-7-5-12(15)6-8-14/h2-4,9,12H,5-8,10H2,1H3. The van der Waals surface area contributed by atoms with E-state index in [1.165, 1.54) is 5.56 Å². The molecule has 87 valence electrons. The van der Waals surface area contributed by atoms with Crippen molar-refractivity contribution in [2.45, 2.75) is 25.5 Å². The fraction of sp³-hybridized carbons (Fsp3) is 0.538. The van der Waals surface area contributed by atoms with E-state index in [0.717, 1.165) is 38.2 Å². The summed E-state index contributed by atoms with van der Waals surface area (Å²) in [4.78, 5) is 2.34. The highest BCUT2D eigenvalue weighted by atomic mass is 16.5. The summed E-state index contributed by atoms with van der Waals surface area (Å²) in [6.07, 6.45) is 1.22. The molecule has 1 fully saturated rings. The van der Waals surface area contributed by atoms with Gasteiger partial charge in [-0.05, 0) is 30.5 Å². The third kappa shape index (κ3) is 2.97. The van der Waals surface area contributed by atoms with Gasteiger partial charge >= 0.3 is 0 Å². The Morgan fingerprint density at radius 2 is 2.12 bits per heavy atom. The predicted molar refractivity (Wildman–Crippen MR) is 62.0 cm³/mol. The van der Waals surface area contributed by atoms with Gasteiger partial charge in [-0.1, -0.05) is 12.1 Å². The summed E-state index contributed by atoms with van der Waals surface area (Å²) < 4.78 is 5.19. The Morgan fingerprint density at radius 3 is 2.81 bits per heavy atom. The van der Waals surface area contributed by atoms with Gasteiger partial charge in [0.25, 0.3) is 0 Å². The first-order valence-electron chi connectivity index (χ1n) is 5.79. The molecular formula is C13H18NO2. The van der Waals surface area contributed by atoms with E-state index in [2.05, 4.69) is 17.0 Å². The molecule has 1 aromatic rings. The predicted octanol–water partition coefficient (Wildman–Crippen LogP) is 2.09. The van der Waals surface area contributed by atoms with Crippen molar-refractivity contribution in [3.63, 3.8) is 0 Å². The van der Waals surface area contributed by atoms with Gasteiger partial charge in [0.2, 0.25) is 0 Å². The molecule has 16 heavy (non-hydrogen) atoms. The monoisotopic (exact) mass is 220 g/mol. The van der Waals surface area contributed by atoms with Crippen molar-refractivity contribution in [1.29, 1.82) is 0 Å². The van der Waals surface area contributed by atoms with Gasteiger partial charge in [0.15, 0.2) is 0 Å². The average Bonchev–Trinajstić information content (AvgIpc) is 2.32. The van der Waals surface area contributed by atoms with Crippen LogP contribution in [-0.4, -0.2) is 31.2 Å². The minimum atomic E-state index is -0.346. The summed E-state index contributed by atoms with van der Waals surface area (Å²) in [6.45, 7) is 2.76. The molecule has 0 bridgehead atoms. The van der Waals surface area contributed by atoms with Crippen LogP contribution in [0.5, 0.6) is 5.75 Å². The van der Waals surface area contributed by atoms with E-state index < -0.39 is 0 Å². The maximum absolute atomic E-state index is 11.2. The maximum atomic E-state index is 11.2. The van der Waals surface area contributed by atoms with Gasteiger partial charge < -0.3 is 4.74 Å². The summed E-state index contributed by atoms with van der Waals surface area (Å²) in [7, 11) is 1.68. The van der Waals surface area contributed by atoms with Crippen molar-refractivity contribution in [2.75, 3.05) is 20.2 Å². The zero-order valence-electron chi connectivity index (χ0n) is 9.69. The van der Waals surface area contributed by atoms with Crippen LogP contribution in [0.4, 0.5) is 0 Å². The molecule has 0 aromatic heterocycles. The normalized spacial score (nSPS) is 18.6. The van der Waals surface area contributed by atoms with Gasteiger partial charge in [-0.15, -0.1) is 0 Å². The molecule has 1 saturated heterocycles. The van der Waals surface area contributed by atoms with Crippen LogP contribution in [0, 0.1) is 0 Å². The third-order valence-corrected chi connectivity index (χ3v) is 3.07. The average molecular weight is 220 g/mol. The van der Waals surface area contributed by atoms with Crippen LogP contribution in [0.1, 0.15) is 18.4 Å². The molecular weight excluding hydrogens is 202 g/mol. The van der Waals surface area contributed by atoms with Crippen LogP contribution in [-0.2, 0) is 11.7 Å². The van der Waals surface area contributed by atoms with Crippen molar-refractivity contribution < 1.29 is 9.84 Å². The molecule has 0 N–H and O–H groups in total. The van der Waals surface area contributed by atoms with E-state index in [4.69, 9.17) is 4.74 Å². The number of hydrogen-bond donors (Lipinski definition) is 0. The van der Waals surface area contributed by atoms with Crippen molar-refractivity contribution in [1.82, 2.24) is 4.90 Å². The molecule has 3 nitrogen and oxygen atoms in total. The van der Waals surface area contributed by atoms with Crippen LogP contribution in [0.2, 0.25) is 0 Å². The lowest BCUT2D eigenvalue weighted by molar-refractivity contribution is 0.0257. The molecule has 0 atom stereocenters. The molecule has 0 spiro atoms. The lowest BCUT2D eigenvalue weighted by Crippen LogP contribution is -2.34. The van der Waals surface area contributed by atoms with Gasteiger partial charge in [-0.25, -0.2) is 5.11 Å². The molecule has 1 aliphatic rings. The van der Waals surface area contributed by atoms with E-state index in [1.807, 2.05) is 12.1 Å². The lowest BCUT2D eigenvalue weighted by Gasteiger charge is -2.28. The number of rotatable bonds is 3. The molecule has 0 amide bonds. The molecule has 0 unspecified atom stereocenters. The fourth-order valence-electron chi connectivity index (χ4n) is 2.10. The molecule has 1 aliphatic heterocycles. The number of methoxy groups -OCH3 is 1. The SMILES string of the molecule is COc1cccc(CN2CCC([O])CC2)c1. The summed E-state index contributed by atoms with van der Waals surface area (Å²) in [6, 6.07) is 8.12. The van der Waals surface area contributed by atoms with Gasteiger partial charge in [0.1, 0.15) is 5.75 Å². The van der Waals surface area contributed by atoms with Gasteiger partial charge in [-0.2, -0.15) is 0 Å². The number of hydrogen-bond acceptors (Lipinski definition) is 2. The van der Waals surface area contributed by atoms with Crippen molar-refractivity contribution in [2.24, 2.45) is 0 Å². The van der Waals surface area contributed by atoms with Crippen LogP contribution in [0.25, 0.3) is 0 Å². The highest BCUT2D eigenvalue weighted by Crippen LogP contribution is 2.17. The Morgan fingerprint density at radius 1 is 1.38 bits per heavy atom. The Hall–Kier alpha value is -1.06. The molecule has 0 saturated carbocycles. The van der Waals surface area contributed by atoms with E-state index in [-0.39, 0.29) is 6.10 Å². The van der Waals surface area contributed by atoms with Crippen LogP contribution < -0.4 is 4.74 Å². The summed E-state index contributed by atoms with van der Waals surface area (Å²) in [5.74, 6) is 0.899. The highest BCUT2D eigenvalue weighted by molar-refractivity contribution is 5.28. The Balaban J connectivity index is 1.93. The summed E-state index contributed by atoms with van der Waals surface area (Å²) >= 11 is 0. The minimum absolute atomic E-state index is 0.346. The van der Waals surface area contributed by atoms with Crippen LogP contribution >= 0.6 is 0 Å². The van der Waals surface area contributed by atoms with Crippen molar-refractivity contribution in [3.8, 4) is 5.75 Å². The van der Waals surface area contributed by atoms with Crippen LogP contribution in [0.15, 0.2) is 24.3 Å². The maximum Gasteiger partial charge on any atom is 0.119 e. The number of ether oxygens (including phenoxy) is 1. The van der Waals surface area contributed by atoms with Gasteiger partial charge in [0.05, 0.1) is 13.2 Å². The highest BCUT2D eigenvalue weighted by Gasteiger charge is 2.17. The first-order valence-corrected chi connectivity index (χ1v) is 5.79. The summed E-state index contributed by atoms with van der Waals surface area (Å²) in [5, 5.41) is 11.2. The topological polar surface area (TPSA) is 32.4 Å². The first-order chi connectivity index (χ1) is 7.78. The zero-order chi connectivity index (χ0) is 11.4. The van der Waals surface area contributed by atoms with Gasteiger partial charge in [-0.3, -0.25) is 4.90 Å². The minimum Gasteiger partial charge on any atom is -0.497 e. The quantitative estimate of drug-likeness (QED) is 0.781. The molecule has 1 aromatic carbocycles. The Bertz CT molecular complexity index is 332. The largest absolute Gasteiger partial charge is 0.497 e. The van der Waals surface area contributed by atoms with E-state index >= 15 is 0 Å².